The van der Waals surface area contributed by atoms with Crippen molar-refractivity contribution in [1.82, 2.24) is 9.66 Å². The molecule has 1 amide bonds. The maximum atomic E-state index is 13.3. The topological polar surface area (TPSA) is 149 Å². The van der Waals surface area contributed by atoms with Crippen LogP contribution in [-0.4, -0.2) is 33.3 Å². The molecule has 0 spiro atoms. The summed E-state index contributed by atoms with van der Waals surface area (Å²) in [6, 6.07) is 13.8. The Morgan fingerprint density at radius 2 is 1.97 bits per heavy atom. The Kier molecular flexibility index (Phi) is 6.88. The lowest BCUT2D eigenvalue weighted by Gasteiger charge is -2.10. The number of aromatic amines is 1. The van der Waals surface area contributed by atoms with E-state index in [1.807, 2.05) is 0 Å². The van der Waals surface area contributed by atoms with Gasteiger partial charge in [-0.2, -0.15) is 5.10 Å². The van der Waals surface area contributed by atoms with Crippen molar-refractivity contribution in [2.75, 3.05) is 11.9 Å². The fourth-order valence-corrected chi connectivity index (χ4v) is 3.51. The van der Waals surface area contributed by atoms with E-state index in [2.05, 4.69) is 15.4 Å². The molecular formula is C23H15ClFN5O6. The molecule has 4 aromatic rings. The highest BCUT2D eigenvalue weighted by molar-refractivity contribution is 6.32. The van der Waals surface area contributed by atoms with Crippen molar-refractivity contribution in [2.45, 2.75) is 0 Å². The van der Waals surface area contributed by atoms with Gasteiger partial charge in [0, 0.05) is 17.3 Å². The van der Waals surface area contributed by atoms with Gasteiger partial charge in [-0.25, -0.2) is 9.18 Å². The van der Waals surface area contributed by atoms with Crippen LogP contribution in [0.2, 0.25) is 5.02 Å². The van der Waals surface area contributed by atoms with Gasteiger partial charge in [-0.1, -0.05) is 29.8 Å². The van der Waals surface area contributed by atoms with E-state index in [1.54, 1.807) is 18.2 Å². The highest BCUT2D eigenvalue weighted by Gasteiger charge is 2.21. The molecule has 4 rings (SSSR count). The van der Waals surface area contributed by atoms with E-state index < -0.39 is 40.2 Å². The van der Waals surface area contributed by atoms with Gasteiger partial charge in [0.05, 0.1) is 27.1 Å². The Morgan fingerprint density at radius 3 is 2.72 bits per heavy atom. The van der Waals surface area contributed by atoms with E-state index in [0.29, 0.717) is 10.2 Å². The van der Waals surface area contributed by atoms with E-state index in [1.165, 1.54) is 30.3 Å². The van der Waals surface area contributed by atoms with E-state index in [0.717, 1.165) is 18.3 Å². The van der Waals surface area contributed by atoms with Crippen LogP contribution in [0.15, 0.2) is 75.4 Å². The smallest absolute Gasteiger partial charge is 0.349 e. The lowest BCUT2D eigenvalue weighted by molar-refractivity contribution is -0.385. The third-order valence-corrected chi connectivity index (χ3v) is 5.09. The molecule has 2 N–H and O–H groups in total. The largest absolute Gasteiger partial charge is 0.476 e. The number of nitro groups is 1. The number of aromatic nitrogens is 2. The molecule has 0 fully saturated rings. The molecule has 0 radical (unpaired) electrons. The minimum atomic E-state index is -0.806. The van der Waals surface area contributed by atoms with E-state index in [9.17, 15) is 28.9 Å². The Balaban J connectivity index is 1.58. The summed E-state index contributed by atoms with van der Waals surface area (Å²) in [5.41, 5.74) is -1.48. The van der Waals surface area contributed by atoms with Gasteiger partial charge in [-0.15, -0.1) is 4.68 Å². The van der Waals surface area contributed by atoms with Gasteiger partial charge in [0.1, 0.15) is 5.82 Å². The highest BCUT2D eigenvalue weighted by atomic mass is 35.5. The fraction of sp³-hybridized carbons (Fsp3) is 0.0435. The van der Waals surface area contributed by atoms with Crippen LogP contribution < -0.4 is 21.3 Å². The van der Waals surface area contributed by atoms with Crippen LogP contribution in [0.25, 0.3) is 10.9 Å². The van der Waals surface area contributed by atoms with Gasteiger partial charge in [0.15, 0.2) is 6.61 Å². The number of halogens is 2. The van der Waals surface area contributed by atoms with Crippen molar-refractivity contribution in [1.29, 1.82) is 0 Å². The van der Waals surface area contributed by atoms with E-state index in [-0.39, 0.29) is 27.4 Å². The summed E-state index contributed by atoms with van der Waals surface area (Å²) in [5, 5.41) is 17.8. The van der Waals surface area contributed by atoms with Crippen molar-refractivity contribution < 1.29 is 18.8 Å². The summed E-state index contributed by atoms with van der Waals surface area (Å²) in [7, 11) is 0. The predicted molar refractivity (Wildman–Crippen MR) is 130 cm³/mol. The molecule has 1 heterocycles. The number of carbonyl (C=O) groups is 1. The SMILES string of the molecule is O=C(COc1c(Cl)cc(C=Nn2c(=O)[nH]c3ccccc3c2=O)cc1[N+](=O)[O-])Nc1cccc(F)c1. The average Bonchev–Trinajstić information content (AvgIpc) is 2.83. The number of rotatable bonds is 7. The maximum Gasteiger partial charge on any atom is 0.349 e. The number of carbonyl (C=O) groups excluding carboxylic acids is 1. The van der Waals surface area contributed by atoms with Crippen LogP contribution >= 0.6 is 11.6 Å². The molecule has 0 bridgehead atoms. The predicted octanol–water partition coefficient (Wildman–Crippen LogP) is 3.29. The second-order valence-corrected chi connectivity index (χ2v) is 7.70. The van der Waals surface area contributed by atoms with E-state index >= 15 is 0 Å². The molecule has 1 aromatic heterocycles. The first-order valence-electron chi connectivity index (χ1n) is 10.2. The van der Waals surface area contributed by atoms with Crippen LogP contribution in [0.3, 0.4) is 0 Å². The van der Waals surface area contributed by atoms with Crippen molar-refractivity contribution in [3.63, 3.8) is 0 Å². The first kappa shape index (κ1) is 24.3. The summed E-state index contributed by atoms with van der Waals surface area (Å²) < 4.78 is 19.1. The normalized spacial score (nSPS) is 11.1. The Bertz CT molecular complexity index is 1650. The second-order valence-electron chi connectivity index (χ2n) is 7.29. The molecule has 0 aliphatic carbocycles. The van der Waals surface area contributed by atoms with Crippen LogP contribution in [0.1, 0.15) is 5.56 Å². The van der Waals surface area contributed by atoms with Gasteiger partial charge >= 0.3 is 11.4 Å². The molecule has 0 aliphatic rings. The molecule has 3 aromatic carbocycles. The summed E-state index contributed by atoms with van der Waals surface area (Å²) >= 11 is 6.16. The van der Waals surface area contributed by atoms with Crippen molar-refractivity contribution in [3.8, 4) is 5.75 Å². The molecular weight excluding hydrogens is 497 g/mol. The molecule has 0 unspecified atom stereocenters. The molecule has 0 saturated carbocycles. The standard InChI is InChI=1S/C23H15ClFN5O6/c24-17-8-13(11-26-29-22(32)16-6-1-2-7-18(16)28-23(29)33)9-19(30(34)35)21(17)36-12-20(31)27-15-5-3-4-14(25)10-15/h1-11H,12H2,(H,27,31)(H,28,33). The van der Waals surface area contributed by atoms with Crippen LogP contribution in [-0.2, 0) is 4.79 Å². The van der Waals surface area contributed by atoms with Gasteiger partial charge in [-0.3, -0.25) is 19.7 Å². The molecule has 0 aliphatic heterocycles. The van der Waals surface area contributed by atoms with Crippen molar-refractivity contribution in [3.05, 3.63) is 108 Å². The molecule has 36 heavy (non-hydrogen) atoms. The monoisotopic (exact) mass is 511 g/mol. The summed E-state index contributed by atoms with van der Waals surface area (Å²) in [4.78, 5) is 50.3. The number of ether oxygens (including phenoxy) is 1. The average molecular weight is 512 g/mol. The molecule has 0 atom stereocenters. The first-order valence-corrected chi connectivity index (χ1v) is 10.6. The number of hydrogen-bond donors (Lipinski definition) is 2. The lowest BCUT2D eigenvalue weighted by atomic mass is 10.2. The number of nitrogens with one attached hydrogen (secondary N) is 2. The summed E-state index contributed by atoms with van der Waals surface area (Å²) in [5.74, 6) is -1.64. The summed E-state index contributed by atoms with van der Waals surface area (Å²) in [6.45, 7) is -0.646. The number of hydrogen-bond acceptors (Lipinski definition) is 7. The number of nitrogens with zero attached hydrogens (tertiary/aromatic N) is 3. The second kappa shape index (κ2) is 10.2. The number of nitro benzene ring substituents is 1. The Hall–Kier alpha value is -4.84. The zero-order valence-corrected chi connectivity index (χ0v) is 18.9. The molecule has 11 nitrogen and oxygen atoms in total. The first-order chi connectivity index (χ1) is 17.2. The van der Waals surface area contributed by atoms with Gasteiger partial charge in [0.25, 0.3) is 11.5 Å². The zero-order valence-electron chi connectivity index (χ0n) is 18.1. The quantitative estimate of drug-likeness (QED) is 0.221. The number of anilines is 1. The number of fused-ring (bicyclic) bond motifs is 1. The highest BCUT2D eigenvalue weighted by Crippen LogP contribution is 2.35. The molecule has 0 saturated heterocycles. The summed E-state index contributed by atoms with van der Waals surface area (Å²) in [6.07, 6.45) is 1.05. The van der Waals surface area contributed by atoms with Crippen LogP contribution in [0.4, 0.5) is 15.8 Å². The zero-order chi connectivity index (χ0) is 25.8. The third-order valence-electron chi connectivity index (χ3n) is 4.81. The maximum absolute atomic E-state index is 13.3. The Labute approximate surface area is 205 Å². The Morgan fingerprint density at radius 1 is 1.19 bits per heavy atom. The van der Waals surface area contributed by atoms with Crippen molar-refractivity contribution >= 4 is 46.0 Å². The van der Waals surface area contributed by atoms with Crippen LogP contribution in [0.5, 0.6) is 5.75 Å². The number of para-hydroxylation sites is 1. The number of amides is 1. The number of H-pyrrole nitrogens is 1. The van der Waals surface area contributed by atoms with Crippen LogP contribution in [0, 0.1) is 15.9 Å². The van der Waals surface area contributed by atoms with Gasteiger partial charge in [-0.05, 0) is 36.4 Å². The van der Waals surface area contributed by atoms with Crippen molar-refractivity contribution in [2.24, 2.45) is 5.10 Å². The van der Waals surface area contributed by atoms with E-state index in [4.69, 9.17) is 16.3 Å². The van der Waals surface area contributed by atoms with Gasteiger partial charge < -0.3 is 15.0 Å². The minimum Gasteiger partial charge on any atom is -0.476 e. The molecule has 13 heteroatoms. The molecule has 182 valence electrons. The third kappa shape index (κ3) is 5.28. The van der Waals surface area contributed by atoms with Gasteiger partial charge in [0.2, 0.25) is 5.75 Å². The number of benzene rings is 3. The fourth-order valence-electron chi connectivity index (χ4n) is 3.24. The lowest BCUT2D eigenvalue weighted by Crippen LogP contribution is -2.32. The minimum absolute atomic E-state index is 0.0859.